The van der Waals surface area contributed by atoms with Crippen LogP contribution in [0.5, 0.6) is 5.75 Å². The number of rotatable bonds is 2. The molecule has 0 bridgehead atoms. The number of para-hydroxylation sites is 1. The molecule has 2 heterocycles. The molecule has 4 nitrogen and oxygen atoms in total. The fraction of sp³-hybridized carbons (Fsp3) is 0.200. The lowest BCUT2D eigenvalue weighted by Gasteiger charge is -2.08. The fourth-order valence-corrected chi connectivity index (χ4v) is 2.56. The van der Waals surface area contributed by atoms with E-state index >= 15 is 0 Å². The third-order valence-electron chi connectivity index (χ3n) is 2.44. The maximum atomic E-state index is 5.57. The average molecular weight is 251 g/mol. The molecule has 1 aliphatic rings. The van der Waals surface area contributed by atoms with E-state index in [1.165, 1.54) is 16.9 Å². The normalized spacial score (nSPS) is 17.9. The second kappa shape index (κ2) is 3.88. The number of fused-ring (bicyclic) bond motifs is 1. The number of hydrogen-bond donors (Lipinski definition) is 2. The van der Waals surface area contributed by atoms with Crippen LogP contribution in [0, 0.1) is 3.95 Å². The molecule has 1 atom stereocenters. The van der Waals surface area contributed by atoms with Crippen molar-refractivity contribution in [3.8, 4) is 5.75 Å². The number of nitrogens with one attached hydrogen (secondary N) is 2. The van der Waals surface area contributed by atoms with Gasteiger partial charge in [0.2, 0.25) is 5.13 Å². The van der Waals surface area contributed by atoms with Crippen LogP contribution in [0.2, 0.25) is 0 Å². The van der Waals surface area contributed by atoms with E-state index in [-0.39, 0.29) is 6.04 Å². The molecule has 1 aliphatic heterocycles. The van der Waals surface area contributed by atoms with Gasteiger partial charge in [-0.05, 0) is 18.3 Å². The number of hydrogen-bond acceptors (Lipinski definition) is 5. The molecule has 1 aromatic carbocycles. The molecule has 0 fully saturated rings. The molecule has 0 aliphatic carbocycles. The summed E-state index contributed by atoms with van der Waals surface area (Å²) in [6.07, 6.45) is 0. The third-order valence-corrected chi connectivity index (χ3v) is 3.46. The summed E-state index contributed by atoms with van der Waals surface area (Å²) in [7, 11) is 0. The molecule has 0 saturated heterocycles. The van der Waals surface area contributed by atoms with Gasteiger partial charge in [-0.15, -0.1) is 5.10 Å². The Bertz CT molecular complexity index is 563. The van der Waals surface area contributed by atoms with Crippen molar-refractivity contribution in [2.45, 2.75) is 6.04 Å². The van der Waals surface area contributed by atoms with E-state index in [9.17, 15) is 0 Å². The SMILES string of the molecule is S=c1[nH]nc(NC2COc3ccccc32)s1. The van der Waals surface area contributed by atoms with Gasteiger partial charge in [0.25, 0.3) is 0 Å². The Balaban J connectivity index is 1.86. The van der Waals surface area contributed by atoms with Crippen LogP contribution in [-0.4, -0.2) is 16.8 Å². The lowest BCUT2D eigenvalue weighted by molar-refractivity contribution is 0.340. The van der Waals surface area contributed by atoms with Gasteiger partial charge in [-0.3, -0.25) is 5.10 Å². The van der Waals surface area contributed by atoms with Crippen molar-refractivity contribution >= 4 is 28.7 Å². The van der Waals surface area contributed by atoms with Gasteiger partial charge in [0.15, 0.2) is 3.95 Å². The number of ether oxygens (including phenoxy) is 1. The van der Waals surface area contributed by atoms with Gasteiger partial charge in [-0.2, -0.15) is 0 Å². The van der Waals surface area contributed by atoms with Crippen molar-refractivity contribution in [1.29, 1.82) is 0 Å². The Hall–Kier alpha value is -1.40. The van der Waals surface area contributed by atoms with Gasteiger partial charge in [-0.25, -0.2) is 0 Å². The average Bonchev–Trinajstić information content (AvgIpc) is 2.87. The molecule has 82 valence electrons. The van der Waals surface area contributed by atoms with Crippen LogP contribution in [0.1, 0.15) is 11.6 Å². The van der Waals surface area contributed by atoms with E-state index in [1.807, 2.05) is 18.2 Å². The van der Waals surface area contributed by atoms with Crippen LogP contribution in [-0.2, 0) is 0 Å². The molecule has 0 amide bonds. The first-order valence-corrected chi connectivity index (χ1v) is 6.09. The summed E-state index contributed by atoms with van der Waals surface area (Å²) >= 11 is 6.41. The zero-order chi connectivity index (χ0) is 11.0. The largest absolute Gasteiger partial charge is 0.491 e. The summed E-state index contributed by atoms with van der Waals surface area (Å²) in [6.45, 7) is 0.631. The first-order chi connectivity index (χ1) is 7.83. The van der Waals surface area contributed by atoms with E-state index in [0.717, 1.165) is 10.9 Å². The molecule has 3 rings (SSSR count). The van der Waals surface area contributed by atoms with E-state index in [4.69, 9.17) is 17.0 Å². The minimum absolute atomic E-state index is 0.158. The van der Waals surface area contributed by atoms with E-state index < -0.39 is 0 Å². The van der Waals surface area contributed by atoms with Gasteiger partial charge in [0, 0.05) is 5.56 Å². The predicted octanol–water partition coefficient (Wildman–Crippen LogP) is 2.75. The standard InChI is InChI=1S/C10H9N3OS2/c15-10-13-12-9(16-10)11-7-5-14-8-4-2-1-3-6(7)8/h1-4,7H,5H2,(H,11,12)(H,13,15). The van der Waals surface area contributed by atoms with Crippen molar-refractivity contribution in [3.63, 3.8) is 0 Å². The van der Waals surface area contributed by atoms with Crippen molar-refractivity contribution in [1.82, 2.24) is 10.2 Å². The topological polar surface area (TPSA) is 49.9 Å². The van der Waals surface area contributed by atoms with Gasteiger partial charge in [-0.1, -0.05) is 29.5 Å². The summed E-state index contributed by atoms with van der Waals surface area (Å²) in [5, 5.41) is 10.9. The monoisotopic (exact) mass is 251 g/mol. The number of aromatic nitrogens is 2. The van der Waals surface area contributed by atoms with E-state index in [1.54, 1.807) is 0 Å². The Labute approximate surface area is 101 Å². The van der Waals surface area contributed by atoms with E-state index in [2.05, 4.69) is 21.6 Å². The van der Waals surface area contributed by atoms with Crippen molar-refractivity contribution in [2.75, 3.05) is 11.9 Å². The summed E-state index contributed by atoms with van der Waals surface area (Å²) < 4.78 is 6.24. The zero-order valence-corrected chi connectivity index (χ0v) is 9.90. The molecule has 1 aromatic heterocycles. The molecule has 0 spiro atoms. The lowest BCUT2D eigenvalue weighted by atomic mass is 10.1. The highest BCUT2D eigenvalue weighted by molar-refractivity contribution is 7.73. The van der Waals surface area contributed by atoms with Crippen LogP contribution in [0.25, 0.3) is 0 Å². The van der Waals surface area contributed by atoms with Crippen LogP contribution in [0.4, 0.5) is 5.13 Å². The van der Waals surface area contributed by atoms with Crippen molar-refractivity contribution in [3.05, 3.63) is 33.8 Å². The molecular formula is C10H9N3OS2. The van der Waals surface area contributed by atoms with Crippen LogP contribution >= 0.6 is 23.6 Å². The zero-order valence-electron chi connectivity index (χ0n) is 8.27. The van der Waals surface area contributed by atoms with Gasteiger partial charge in [0.05, 0.1) is 6.04 Å². The van der Waals surface area contributed by atoms with Crippen molar-refractivity contribution in [2.24, 2.45) is 0 Å². The predicted molar refractivity (Wildman–Crippen MR) is 65.6 cm³/mol. The second-order valence-electron chi connectivity index (χ2n) is 3.46. The maximum Gasteiger partial charge on any atom is 0.204 e. The number of anilines is 1. The van der Waals surface area contributed by atoms with Crippen LogP contribution in [0.3, 0.4) is 0 Å². The molecular weight excluding hydrogens is 242 g/mol. The molecule has 0 saturated carbocycles. The van der Waals surface area contributed by atoms with Crippen molar-refractivity contribution < 1.29 is 4.74 Å². The minimum Gasteiger partial charge on any atom is -0.491 e. The summed E-state index contributed by atoms with van der Waals surface area (Å²) in [6, 6.07) is 8.18. The first-order valence-electron chi connectivity index (χ1n) is 4.87. The molecule has 6 heteroatoms. The summed E-state index contributed by atoms with van der Waals surface area (Å²) in [5.41, 5.74) is 1.17. The fourth-order valence-electron chi connectivity index (χ4n) is 1.72. The van der Waals surface area contributed by atoms with Gasteiger partial charge < -0.3 is 10.1 Å². The Kier molecular flexibility index (Phi) is 2.37. The number of benzene rings is 1. The summed E-state index contributed by atoms with van der Waals surface area (Å²) in [5.74, 6) is 0.944. The molecule has 0 radical (unpaired) electrons. The molecule has 2 aromatic rings. The number of H-pyrrole nitrogens is 1. The van der Waals surface area contributed by atoms with Crippen LogP contribution < -0.4 is 10.1 Å². The first kappa shape index (κ1) is 9.80. The molecule has 1 unspecified atom stereocenters. The number of nitrogens with zero attached hydrogens (tertiary/aromatic N) is 1. The number of aromatic amines is 1. The quantitative estimate of drug-likeness (QED) is 0.806. The third kappa shape index (κ3) is 1.70. The van der Waals surface area contributed by atoms with Crippen LogP contribution in [0.15, 0.2) is 24.3 Å². The minimum atomic E-state index is 0.158. The Morgan fingerprint density at radius 2 is 2.38 bits per heavy atom. The van der Waals surface area contributed by atoms with E-state index in [0.29, 0.717) is 10.6 Å². The van der Waals surface area contributed by atoms with Gasteiger partial charge >= 0.3 is 0 Å². The Morgan fingerprint density at radius 3 is 3.19 bits per heavy atom. The maximum absolute atomic E-state index is 5.57. The Morgan fingerprint density at radius 1 is 1.50 bits per heavy atom. The summed E-state index contributed by atoms with van der Waals surface area (Å²) in [4.78, 5) is 0. The lowest BCUT2D eigenvalue weighted by Crippen LogP contribution is -2.11. The van der Waals surface area contributed by atoms with Gasteiger partial charge in [0.1, 0.15) is 12.4 Å². The highest BCUT2D eigenvalue weighted by atomic mass is 32.1. The highest BCUT2D eigenvalue weighted by Crippen LogP contribution is 2.34. The molecule has 16 heavy (non-hydrogen) atoms. The smallest absolute Gasteiger partial charge is 0.204 e. The highest BCUT2D eigenvalue weighted by Gasteiger charge is 2.23. The molecule has 2 N–H and O–H groups in total. The second-order valence-corrected chi connectivity index (χ2v) is 5.13.